The minimum absolute atomic E-state index is 0.00805. The second-order valence-corrected chi connectivity index (χ2v) is 8.29. The number of esters is 1. The Morgan fingerprint density at radius 3 is 2.54 bits per heavy atom. The van der Waals surface area contributed by atoms with E-state index in [1.165, 1.54) is 11.3 Å². The zero-order valence-electron chi connectivity index (χ0n) is 15.8. The molecule has 0 bridgehead atoms. The van der Waals surface area contributed by atoms with Gasteiger partial charge in [0.1, 0.15) is 0 Å². The molecule has 1 aromatic rings. The molecule has 26 heavy (non-hydrogen) atoms. The fourth-order valence-electron chi connectivity index (χ4n) is 2.62. The number of nitrogens with zero attached hydrogens (tertiary/aromatic N) is 2. The number of amides is 2. The van der Waals surface area contributed by atoms with Crippen LogP contribution in [0, 0.1) is 11.3 Å². The fourth-order valence-corrected chi connectivity index (χ4v) is 3.33. The van der Waals surface area contributed by atoms with Gasteiger partial charge in [-0.3, -0.25) is 14.4 Å². The van der Waals surface area contributed by atoms with Crippen LogP contribution in [0.2, 0.25) is 0 Å². The first-order valence-corrected chi connectivity index (χ1v) is 9.79. The highest BCUT2D eigenvalue weighted by Gasteiger charge is 2.28. The quantitative estimate of drug-likeness (QED) is 0.792. The number of carbonyl (C=O) groups excluding carboxylic acids is 3. The number of thiazole rings is 1. The number of aromatic nitrogens is 1. The fraction of sp³-hybridized carbons (Fsp3) is 0.667. The highest BCUT2D eigenvalue weighted by Crippen LogP contribution is 2.22. The topological polar surface area (TPSA) is 88.6 Å². The Morgan fingerprint density at radius 2 is 1.96 bits per heavy atom. The maximum Gasteiger partial charge on any atom is 0.309 e. The molecule has 1 aliphatic heterocycles. The van der Waals surface area contributed by atoms with E-state index >= 15 is 0 Å². The molecule has 0 aliphatic carbocycles. The minimum Gasteiger partial charge on any atom is -0.466 e. The van der Waals surface area contributed by atoms with Gasteiger partial charge in [0, 0.05) is 23.9 Å². The Hall–Kier alpha value is -1.96. The van der Waals surface area contributed by atoms with Gasteiger partial charge < -0.3 is 15.0 Å². The van der Waals surface area contributed by atoms with Crippen molar-refractivity contribution in [3.63, 3.8) is 0 Å². The second kappa shape index (κ2) is 8.62. The third-order valence-electron chi connectivity index (χ3n) is 4.25. The van der Waals surface area contributed by atoms with Crippen molar-refractivity contribution in [3.05, 3.63) is 11.1 Å². The molecule has 1 saturated heterocycles. The Morgan fingerprint density at radius 1 is 1.31 bits per heavy atom. The molecule has 7 nitrogen and oxygen atoms in total. The molecule has 2 heterocycles. The van der Waals surface area contributed by atoms with E-state index in [1.54, 1.807) is 17.2 Å². The lowest BCUT2D eigenvalue weighted by molar-refractivity contribution is -0.151. The lowest BCUT2D eigenvalue weighted by Crippen LogP contribution is -2.41. The molecule has 8 heteroatoms. The Kier molecular flexibility index (Phi) is 6.75. The van der Waals surface area contributed by atoms with Gasteiger partial charge >= 0.3 is 5.97 Å². The van der Waals surface area contributed by atoms with Crippen LogP contribution in [-0.2, 0) is 25.5 Å². The summed E-state index contributed by atoms with van der Waals surface area (Å²) in [5.74, 6) is -0.395. The Labute approximate surface area is 158 Å². The van der Waals surface area contributed by atoms with Gasteiger partial charge in [-0.2, -0.15) is 0 Å². The summed E-state index contributed by atoms with van der Waals surface area (Å²) in [6.45, 7) is 8.79. The van der Waals surface area contributed by atoms with Gasteiger partial charge in [-0.1, -0.05) is 20.8 Å². The first kappa shape index (κ1) is 20.4. The average Bonchev–Trinajstić information content (AvgIpc) is 3.01. The van der Waals surface area contributed by atoms with Gasteiger partial charge in [-0.25, -0.2) is 4.98 Å². The van der Waals surface area contributed by atoms with Gasteiger partial charge in [0.05, 0.1) is 24.6 Å². The van der Waals surface area contributed by atoms with E-state index in [0.29, 0.717) is 43.4 Å². The predicted octanol–water partition coefficient (Wildman–Crippen LogP) is 2.47. The van der Waals surface area contributed by atoms with Crippen LogP contribution in [0.4, 0.5) is 5.13 Å². The molecule has 1 N–H and O–H groups in total. The van der Waals surface area contributed by atoms with Crippen LogP contribution in [0.3, 0.4) is 0 Å². The molecular weight excluding hydrogens is 354 g/mol. The molecule has 2 amide bonds. The molecule has 144 valence electrons. The SMILES string of the molecule is CCOC(=O)C1CCN(C(=O)Cc2csc(NC(=O)C(C)(C)C)n2)CC1. The smallest absolute Gasteiger partial charge is 0.309 e. The normalized spacial score (nSPS) is 15.6. The first-order valence-electron chi connectivity index (χ1n) is 8.91. The zero-order valence-corrected chi connectivity index (χ0v) is 16.6. The van der Waals surface area contributed by atoms with Crippen molar-refractivity contribution in [1.29, 1.82) is 0 Å². The van der Waals surface area contributed by atoms with E-state index in [9.17, 15) is 14.4 Å². The van der Waals surface area contributed by atoms with Gasteiger partial charge in [0.25, 0.3) is 0 Å². The van der Waals surface area contributed by atoms with Crippen LogP contribution in [0.1, 0.15) is 46.2 Å². The standard InChI is InChI=1S/C18H27N3O4S/c1-5-25-15(23)12-6-8-21(9-7-12)14(22)10-13-11-26-17(19-13)20-16(24)18(2,3)4/h11-12H,5-10H2,1-4H3,(H,19,20,24). The van der Waals surface area contributed by atoms with Crippen molar-refractivity contribution in [2.75, 3.05) is 25.0 Å². The van der Waals surface area contributed by atoms with E-state index in [2.05, 4.69) is 10.3 Å². The van der Waals surface area contributed by atoms with Crippen molar-refractivity contribution >= 4 is 34.3 Å². The van der Waals surface area contributed by atoms with E-state index in [1.807, 2.05) is 20.8 Å². The molecular formula is C18H27N3O4S. The number of ether oxygens (including phenoxy) is 1. The number of hydrogen-bond donors (Lipinski definition) is 1. The third-order valence-corrected chi connectivity index (χ3v) is 5.06. The van der Waals surface area contributed by atoms with E-state index in [0.717, 1.165) is 0 Å². The van der Waals surface area contributed by atoms with Gasteiger partial charge in [-0.05, 0) is 19.8 Å². The van der Waals surface area contributed by atoms with Crippen molar-refractivity contribution < 1.29 is 19.1 Å². The molecule has 2 rings (SSSR count). The summed E-state index contributed by atoms with van der Waals surface area (Å²) in [6, 6.07) is 0. The van der Waals surface area contributed by atoms with Crippen LogP contribution >= 0.6 is 11.3 Å². The molecule has 1 aliphatic rings. The summed E-state index contributed by atoms with van der Waals surface area (Å²) >= 11 is 1.32. The minimum atomic E-state index is -0.495. The average molecular weight is 381 g/mol. The van der Waals surface area contributed by atoms with E-state index in [-0.39, 0.29) is 30.1 Å². The number of hydrogen-bond acceptors (Lipinski definition) is 6. The van der Waals surface area contributed by atoms with E-state index < -0.39 is 5.41 Å². The van der Waals surface area contributed by atoms with Gasteiger partial charge in [0.15, 0.2) is 5.13 Å². The monoisotopic (exact) mass is 381 g/mol. The molecule has 0 atom stereocenters. The van der Waals surface area contributed by atoms with Crippen molar-refractivity contribution in [3.8, 4) is 0 Å². The van der Waals surface area contributed by atoms with Crippen LogP contribution in [0.5, 0.6) is 0 Å². The number of nitrogens with one attached hydrogen (secondary N) is 1. The largest absolute Gasteiger partial charge is 0.466 e. The maximum atomic E-state index is 12.4. The number of anilines is 1. The summed E-state index contributed by atoms with van der Waals surface area (Å²) in [5, 5.41) is 5.08. The highest BCUT2D eigenvalue weighted by atomic mass is 32.1. The van der Waals surface area contributed by atoms with Gasteiger partial charge in [-0.15, -0.1) is 11.3 Å². The molecule has 0 radical (unpaired) electrons. The molecule has 1 fully saturated rings. The van der Waals surface area contributed by atoms with E-state index in [4.69, 9.17) is 4.74 Å². The first-order chi connectivity index (χ1) is 12.2. The molecule has 0 saturated carbocycles. The van der Waals surface area contributed by atoms with Gasteiger partial charge in [0.2, 0.25) is 11.8 Å². The van der Waals surface area contributed by atoms with Crippen LogP contribution in [-0.4, -0.2) is 47.4 Å². The predicted molar refractivity (Wildman–Crippen MR) is 99.8 cm³/mol. The summed E-state index contributed by atoms with van der Waals surface area (Å²) in [4.78, 5) is 42.3. The molecule has 0 unspecified atom stereocenters. The number of rotatable bonds is 5. The second-order valence-electron chi connectivity index (χ2n) is 7.43. The lowest BCUT2D eigenvalue weighted by atomic mass is 9.96. The van der Waals surface area contributed by atoms with Crippen molar-refractivity contribution in [1.82, 2.24) is 9.88 Å². The number of piperidine rings is 1. The summed E-state index contributed by atoms with van der Waals surface area (Å²) in [7, 11) is 0. The lowest BCUT2D eigenvalue weighted by Gasteiger charge is -2.30. The number of likely N-dealkylation sites (tertiary alicyclic amines) is 1. The molecule has 0 aromatic carbocycles. The molecule has 0 spiro atoms. The summed E-state index contributed by atoms with van der Waals surface area (Å²) < 4.78 is 5.05. The summed E-state index contributed by atoms with van der Waals surface area (Å²) in [6.07, 6.45) is 1.47. The Bertz CT molecular complexity index is 658. The van der Waals surface area contributed by atoms with Crippen LogP contribution in [0.25, 0.3) is 0 Å². The summed E-state index contributed by atoms with van der Waals surface area (Å²) in [5.41, 5.74) is 0.155. The third kappa shape index (κ3) is 5.52. The Balaban J connectivity index is 1.84. The zero-order chi connectivity index (χ0) is 19.3. The van der Waals surface area contributed by atoms with Crippen molar-refractivity contribution in [2.24, 2.45) is 11.3 Å². The van der Waals surface area contributed by atoms with Crippen LogP contribution in [0.15, 0.2) is 5.38 Å². The van der Waals surface area contributed by atoms with Crippen molar-refractivity contribution in [2.45, 2.75) is 47.0 Å². The van der Waals surface area contributed by atoms with Crippen LogP contribution < -0.4 is 5.32 Å². The number of carbonyl (C=O) groups is 3. The maximum absolute atomic E-state index is 12.4. The molecule has 1 aromatic heterocycles. The highest BCUT2D eigenvalue weighted by molar-refractivity contribution is 7.13.